The van der Waals surface area contributed by atoms with Gasteiger partial charge in [-0.25, -0.2) is 4.79 Å². The number of hydrogen-bond donors (Lipinski definition) is 0. The lowest BCUT2D eigenvalue weighted by Crippen LogP contribution is -2.09. The van der Waals surface area contributed by atoms with Crippen LogP contribution in [-0.2, 0) is 23.8 Å². The predicted molar refractivity (Wildman–Crippen MR) is 76.6 cm³/mol. The molecule has 1 rings (SSSR count). The summed E-state index contributed by atoms with van der Waals surface area (Å²) in [5.74, 6) is -0.587. The van der Waals surface area contributed by atoms with Crippen molar-refractivity contribution in [2.75, 3.05) is 13.2 Å². The number of nitrogens with zero attached hydrogens (tertiary/aromatic N) is 1. The van der Waals surface area contributed by atoms with Crippen LogP contribution in [0.15, 0.2) is 40.8 Å². The van der Waals surface area contributed by atoms with Gasteiger partial charge in [0.05, 0.1) is 23.0 Å². The first-order chi connectivity index (χ1) is 10.3. The SMILES string of the molecule is CCOC(=O)/C=C(\C)COS(=O)(=O)c1ccc([N+](=O)[O-])cc1. The molecule has 0 unspecified atom stereocenters. The Hall–Kier alpha value is -2.26. The lowest BCUT2D eigenvalue weighted by atomic mass is 10.3. The Bertz CT molecular complexity index is 677. The normalized spacial score (nSPS) is 12.0. The Kier molecular flexibility index (Phi) is 6.20. The molecule has 0 N–H and O–H groups in total. The summed E-state index contributed by atoms with van der Waals surface area (Å²) in [6.45, 7) is 3.06. The van der Waals surface area contributed by atoms with Crippen molar-refractivity contribution in [3.8, 4) is 0 Å². The number of nitro groups is 1. The van der Waals surface area contributed by atoms with Crippen LogP contribution in [0.3, 0.4) is 0 Å². The molecule has 0 atom stereocenters. The van der Waals surface area contributed by atoms with Crippen LogP contribution in [0, 0.1) is 10.1 Å². The van der Waals surface area contributed by atoms with E-state index in [1.54, 1.807) is 6.92 Å². The van der Waals surface area contributed by atoms with Crippen LogP contribution in [-0.4, -0.2) is 32.5 Å². The maximum absolute atomic E-state index is 11.9. The highest BCUT2D eigenvalue weighted by Crippen LogP contribution is 2.18. The largest absolute Gasteiger partial charge is 0.463 e. The molecule has 0 fully saturated rings. The second-order valence-corrected chi connectivity index (χ2v) is 5.83. The third kappa shape index (κ3) is 5.26. The standard InChI is InChI=1S/C13H15NO7S/c1-3-20-13(15)8-10(2)9-21-22(18,19)12-6-4-11(5-7-12)14(16)17/h4-8H,3,9H2,1-2H3/b10-8+. The van der Waals surface area contributed by atoms with Crippen LogP contribution < -0.4 is 0 Å². The Morgan fingerprint density at radius 2 is 1.91 bits per heavy atom. The van der Waals surface area contributed by atoms with E-state index in [1.165, 1.54) is 6.92 Å². The lowest BCUT2D eigenvalue weighted by molar-refractivity contribution is -0.384. The summed E-state index contributed by atoms with van der Waals surface area (Å²) in [5, 5.41) is 10.5. The van der Waals surface area contributed by atoms with E-state index in [-0.39, 0.29) is 23.8 Å². The molecule has 0 aromatic heterocycles. The number of carbonyl (C=O) groups is 1. The summed E-state index contributed by atoms with van der Waals surface area (Å²) in [6.07, 6.45) is 1.13. The zero-order valence-corrected chi connectivity index (χ0v) is 12.8. The molecule has 0 heterocycles. The molecule has 1 aromatic rings. The van der Waals surface area contributed by atoms with E-state index in [9.17, 15) is 23.3 Å². The fourth-order valence-electron chi connectivity index (χ4n) is 1.40. The molecule has 0 radical (unpaired) electrons. The smallest absolute Gasteiger partial charge is 0.330 e. The summed E-state index contributed by atoms with van der Waals surface area (Å²) < 4.78 is 33.3. The van der Waals surface area contributed by atoms with E-state index in [1.807, 2.05) is 0 Å². The van der Waals surface area contributed by atoms with E-state index in [2.05, 4.69) is 4.74 Å². The monoisotopic (exact) mass is 329 g/mol. The molecule has 120 valence electrons. The molecule has 0 saturated carbocycles. The molecule has 0 amide bonds. The van der Waals surface area contributed by atoms with E-state index in [0.29, 0.717) is 5.57 Å². The first-order valence-electron chi connectivity index (χ1n) is 6.24. The highest BCUT2D eigenvalue weighted by Gasteiger charge is 2.17. The summed E-state index contributed by atoms with van der Waals surface area (Å²) >= 11 is 0. The average molecular weight is 329 g/mol. The molecular weight excluding hydrogens is 314 g/mol. The minimum atomic E-state index is -4.06. The number of non-ortho nitro benzene ring substituents is 1. The zero-order valence-electron chi connectivity index (χ0n) is 12.0. The Balaban J connectivity index is 2.75. The summed E-state index contributed by atoms with van der Waals surface area (Å²) in [7, 11) is -4.06. The number of rotatable bonds is 7. The van der Waals surface area contributed by atoms with Gasteiger partial charge in [0.15, 0.2) is 0 Å². The highest BCUT2D eigenvalue weighted by molar-refractivity contribution is 7.86. The molecule has 0 aliphatic carbocycles. The van der Waals surface area contributed by atoms with Crippen LogP contribution in [0.4, 0.5) is 5.69 Å². The van der Waals surface area contributed by atoms with Crippen molar-refractivity contribution in [3.63, 3.8) is 0 Å². The van der Waals surface area contributed by atoms with Gasteiger partial charge in [-0.15, -0.1) is 0 Å². The molecule has 0 aliphatic heterocycles. The minimum absolute atomic E-state index is 0.206. The molecule has 0 bridgehead atoms. The number of nitro benzene ring substituents is 1. The van der Waals surface area contributed by atoms with Gasteiger partial charge in [-0.2, -0.15) is 8.42 Å². The van der Waals surface area contributed by atoms with Crippen molar-refractivity contribution >= 4 is 21.8 Å². The van der Waals surface area contributed by atoms with Gasteiger partial charge in [0.25, 0.3) is 15.8 Å². The quantitative estimate of drug-likeness (QED) is 0.246. The fraction of sp³-hybridized carbons (Fsp3) is 0.308. The van der Waals surface area contributed by atoms with Gasteiger partial charge in [0.1, 0.15) is 0 Å². The van der Waals surface area contributed by atoms with Gasteiger partial charge in [0.2, 0.25) is 0 Å². The minimum Gasteiger partial charge on any atom is -0.463 e. The maximum Gasteiger partial charge on any atom is 0.330 e. The van der Waals surface area contributed by atoms with E-state index < -0.39 is 21.0 Å². The fourth-order valence-corrected chi connectivity index (χ4v) is 2.35. The molecule has 9 heteroatoms. The van der Waals surface area contributed by atoms with Crippen molar-refractivity contribution in [3.05, 3.63) is 46.0 Å². The van der Waals surface area contributed by atoms with Crippen LogP contribution in [0.1, 0.15) is 13.8 Å². The molecular formula is C13H15NO7S. The van der Waals surface area contributed by atoms with Crippen molar-refractivity contribution in [2.45, 2.75) is 18.7 Å². The third-order valence-electron chi connectivity index (χ3n) is 2.43. The van der Waals surface area contributed by atoms with Gasteiger partial charge >= 0.3 is 5.97 Å². The lowest BCUT2D eigenvalue weighted by Gasteiger charge is -2.06. The van der Waals surface area contributed by atoms with Crippen molar-refractivity contribution in [1.29, 1.82) is 0 Å². The van der Waals surface area contributed by atoms with Crippen LogP contribution >= 0.6 is 0 Å². The highest BCUT2D eigenvalue weighted by atomic mass is 32.2. The van der Waals surface area contributed by atoms with Crippen LogP contribution in [0.2, 0.25) is 0 Å². The first-order valence-corrected chi connectivity index (χ1v) is 7.65. The number of esters is 1. The molecule has 0 aliphatic rings. The predicted octanol–water partition coefficient (Wildman–Crippen LogP) is 1.81. The molecule has 0 saturated heterocycles. The van der Waals surface area contributed by atoms with Gasteiger partial charge in [0, 0.05) is 18.2 Å². The van der Waals surface area contributed by atoms with Gasteiger partial charge < -0.3 is 4.74 Å². The third-order valence-corrected chi connectivity index (χ3v) is 3.71. The van der Waals surface area contributed by atoms with Gasteiger partial charge in [-0.05, 0) is 31.6 Å². The Labute approximate surface area is 127 Å². The second kappa shape index (κ2) is 7.66. The summed E-state index contributed by atoms with van der Waals surface area (Å²) in [4.78, 5) is 20.8. The second-order valence-electron chi connectivity index (χ2n) is 4.21. The zero-order chi connectivity index (χ0) is 16.8. The van der Waals surface area contributed by atoms with Crippen LogP contribution in [0.25, 0.3) is 0 Å². The molecule has 1 aromatic carbocycles. The Morgan fingerprint density at radius 3 is 2.41 bits per heavy atom. The molecule has 0 spiro atoms. The maximum atomic E-state index is 11.9. The first kappa shape index (κ1) is 17.8. The number of hydrogen-bond acceptors (Lipinski definition) is 7. The van der Waals surface area contributed by atoms with Crippen molar-refractivity contribution < 1.29 is 27.1 Å². The number of benzene rings is 1. The van der Waals surface area contributed by atoms with Gasteiger partial charge in [-0.3, -0.25) is 14.3 Å². The Morgan fingerprint density at radius 1 is 1.32 bits per heavy atom. The number of carbonyl (C=O) groups excluding carboxylic acids is 1. The average Bonchev–Trinajstić information content (AvgIpc) is 2.45. The summed E-state index contributed by atoms with van der Waals surface area (Å²) in [6, 6.07) is 4.30. The number of ether oxygens (including phenoxy) is 1. The van der Waals surface area contributed by atoms with Crippen molar-refractivity contribution in [2.24, 2.45) is 0 Å². The van der Waals surface area contributed by atoms with Gasteiger partial charge in [-0.1, -0.05) is 0 Å². The van der Waals surface area contributed by atoms with Crippen LogP contribution in [0.5, 0.6) is 0 Å². The molecule has 8 nitrogen and oxygen atoms in total. The molecule has 22 heavy (non-hydrogen) atoms. The van der Waals surface area contributed by atoms with Crippen molar-refractivity contribution in [1.82, 2.24) is 0 Å². The summed E-state index contributed by atoms with van der Waals surface area (Å²) in [5.41, 5.74) is 0.140. The van der Waals surface area contributed by atoms with E-state index >= 15 is 0 Å². The van der Waals surface area contributed by atoms with E-state index in [0.717, 1.165) is 30.3 Å². The van der Waals surface area contributed by atoms with E-state index in [4.69, 9.17) is 4.18 Å². The topological polar surface area (TPSA) is 113 Å².